The van der Waals surface area contributed by atoms with E-state index >= 15 is 0 Å². The number of imide groups is 2. The lowest BCUT2D eigenvalue weighted by Gasteiger charge is -2.30. The average molecular weight is 742 g/mol. The van der Waals surface area contributed by atoms with E-state index in [2.05, 4.69) is 43.3 Å². The summed E-state index contributed by atoms with van der Waals surface area (Å²) in [4.78, 5) is 61.6. The first-order chi connectivity index (χ1) is 24.9. The second-order valence-corrected chi connectivity index (χ2v) is 17.3. The van der Waals surface area contributed by atoms with Gasteiger partial charge in [0.15, 0.2) is 0 Å². The van der Waals surface area contributed by atoms with Crippen molar-refractivity contribution in [1.82, 2.24) is 15.1 Å². The number of hydrogen-bond donors (Lipinski definition) is 1. The number of hydrogen-bond acceptors (Lipinski definition) is 9. The van der Waals surface area contributed by atoms with Crippen LogP contribution in [0.3, 0.4) is 0 Å². The van der Waals surface area contributed by atoms with Gasteiger partial charge in [-0.15, -0.1) is 0 Å². The Morgan fingerprint density at radius 2 is 1.04 bits per heavy atom. The van der Waals surface area contributed by atoms with Gasteiger partial charge >= 0.3 is 0 Å². The molecule has 0 bridgehead atoms. The lowest BCUT2D eigenvalue weighted by Crippen LogP contribution is -2.42. The second kappa shape index (κ2) is 15.9. The van der Waals surface area contributed by atoms with Crippen LogP contribution in [0.25, 0.3) is 21.5 Å². The minimum atomic E-state index is -0.278. The smallest absolute Gasteiger partial charge is 0.261 e. The molecule has 2 aliphatic heterocycles. The standard InChI is InChI=1S/C40H49N6O4S2/c1-41-19-9-20-42(2)33-17-15-31-35-27(33)11-7-13-29(35)37(47)44(39(31)49)22-25-51-52-26-23-45-38(48)30-14-8-12-28-34(18-16-32(36(28)30)40(45)50)43(3)21-10-24-46(4,5)6/h7-8,11-18,41H,9-10,19-26H2,1-6H3/q+1. The number of nitrogens with zero attached hydrogens (tertiary/aromatic N) is 5. The number of rotatable bonds is 17. The third-order valence-corrected chi connectivity index (χ3v) is 12.2. The molecule has 0 aromatic heterocycles. The molecule has 0 saturated heterocycles. The minimum Gasteiger partial charge on any atom is -0.374 e. The summed E-state index contributed by atoms with van der Waals surface area (Å²) in [7, 11) is 15.6. The topological polar surface area (TPSA) is 93.3 Å². The predicted octanol–water partition coefficient (Wildman–Crippen LogP) is 5.84. The molecule has 0 spiro atoms. The second-order valence-electron chi connectivity index (χ2n) is 14.6. The Balaban J connectivity index is 1.05. The molecule has 4 amide bonds. The Kier molecular flexibility index (Phi) is 11.5. The molecular weight excluding hydrogens is 693 g/mol. The molecule has 6 rings (SSSR count). The highest BCUT2D eigenvalue weighted by molar-refractivity contribution is 8.76. The van der Waals surface area contributed by atoms with Gasteiger partial charge in [-0.3, -0.25) is 29.0 Å². The van der Waals surface area contributed by atoms with Gasteiger partial charge in [0.05, 0.1) is 27.7 Å². The highest BCUT2D eigenvalue weighted by Gasteiger charge is 2.35. The zero-order valence-corrected chi connectivity index (χ0v) is 32.7. The van der Waals surface area contributed by atoms with Crippen molar-refractivity contribution >= 4 is 78.1 Å². The fourth-order valence-electron chi connectivity index (χ4n) is 7.22. The lowest BCUT2D eigenvalue weighted by molar-refractivity contribution is -0.870. The molecule has 0 atom stereocenters. The Bertz CT molecular complexity index is 1980. The van der Waals surface area contributed by atoms with E-state index in [1.165, 1.54) is 31.4 Å². The van der Waals surface area contributed by atoms with Gasteiger partial charge in [0.1, 0.15) is 0 Å². The van der Waals surface area contributed by atoms with E-state index in [1.54, 1.807) is 6.07 Å². The number of anilines is 2. The van der Waals surface area contributed by atoms with Crippen molar-refractivity contribution in [3.05, 3.63) is 82.9 Å². The Hall–Kier alpha value is -4.10. The fraction of sp³-hybridized carbons (Fsp3) is 0.400. The van der Waals surface area contributed by atoms with Crippen LogP contribution in [0.1, 0.15) is 54.3 Å². The molecule has 0 aliphatic carbocycles. The molecule has 0 saturated carbocycles. The van der Waals surface area contributed by atoms with Crippen LogP contribution in [0.2, 0.25) is 0 Å². The molecule has 10 nitrogen and oxygen atoms in total. The Morgan fingerprint density at radius 1 is 0.615 bits per heavy atom. The average Bonchev–Trinajstić information content (AvgIpc) is 3.12. The van der Waals surface area contributed by atoms with E-state index in [0.29, 0.717) is 33.8 Å². The Morgan fingerprint density at radius 3 is 1.46 bits per heavy atom. The summed E-state index contributed by atoms with van der Waals surface area (Å²) >= 11 is 0. The number of benzene rings is 4. The number of nitrogens with one attached hydrogen (secondary N) is 1. The van der Waals surface area contributed by atoms with Crippen LogP contribution in [-0.2, 0) is 0 Å². The summed E-state index contributed by atoms with van der Waals surface area (Å²) in [6, 6.07) is 19.1. The van der Waals surface area contributed by atoms with Crippen LogP contribution in [0.4, 0.5) is 11.4 Å². The van der Waals surface area contributed by atoms with Gasteiger partial charge in [-0.1, -0.05) is 45.9 Å². The molecule has 4 aromatic carbocycles. The molecule has 2 heterocycles. The molecule has 4 aromatic rings. The maximum Gasteiger partial charge on any atom is 0.261 e. The van der Waals surface area contributed by atoms with Gasteiger partial charge in [0.25, 0.3) is 23.6 Å². The first-order valence-electron chi connectivity index (χ1n) is 17.9. The maximum absolute atomic E-state index is 13.7. The summed E-state index contributed by atoms with van der Waals surface area (Å²) in [5.41, 5.74) is 4.22. The van der Waals surface area contributed by atoms with E-state index in [-0.39, 0.29) is 36.7 Å². The van der Waals surface area contributed by atoms with Gasteiger partial charge in [-0.05, 0) is 56.4 Å². The summed E-state index contributed by atoms with van der Waals surface area (Å²) in [5, 5.41) is 6.45. The van der Waals surface area contributed by atoms with Gasteiger partial charge in [0.2, 0.25) is 0 Å². The third-order valence-electron chi connectivity index (χ3n) is 9.88. The first kappa shape index (κ1) is 37.7. The number of carbonyl (C=O) groups excluding carboxylic acids is 4. The van der Waals surface area contributed by atoms with Crippen molar-refractivity contribution in [3.63, 3.8) is 0 Å². The largest absolute Gasteiger partial charge is 0.374 e. The van der Waals surface area contributed by atoms with Crippen LogP contribution in [0.5, 0.6) is 0 Å². The summed E-state index contributed by atoms with van der Waals surface area (Å²) in [6.07, 6.45) is 2.00. The van der Waals surface area contributed by atoms with Gasteiger partial charge < -0.3 is 19.6 Å². The molecule has 52 heavy (non-hydrogen) atoms. The van der Waals surface area contributed by atoms with Crippen molar-refractivity contribution in [2.45, 2.75) is 12.8 Å². The quantitative estimate of drug-likeness (QED) is 0.0620. The van der Waals surface area contributed by atoms with Crippen molar-refractivity contribution in [2.75, 3.05) is 103 Å². The number of carbonyl (C=O) groups is 4. The van der Waals surface area contributed by atoms with Crippen molar-refractivity contribution in [2.24, 2.45) is 0 Å². The molecule has 1 N–H and O–H groups in total. The van der Waals surface area contributed by atoms with Crippen molar-refractivity contribution in [1.29, 1.82) is 0 Å². The third kappa shape index (κ3) is 7.52. The first-order valence-corrected chi connectivity index (χ1v) is 20.4. The van der Waals surface area contributed by atoms with Crippen molar-refractivity contribution < 1.29 is 23.7 Å². The SMILES string of the molecule is CNCCCN(C)c1ccc2c3c(cccc13)C(=O)N(CCSSCCN1C(=O)c3cccc4c(N(C)CCC[N+](C)(C)C)ccc(c34)C1=O)C2=O. The summed E-state index contributed by atoms with van der Waals surface area (Å²) in [6.45, 7) is 4.20. The maximum atomic E-state index is 13.7. The van der Waals surface area contributed by atoms with E-state index in [4.69, 9.17) is 0 Å². The molecular formula is C40H49N6O4S2+. The fourth-order valence-corrected chi connectivity index (χ4v) is 9.13. The highest BCUT2D eigenvalue weighted by atomic mass is 33.1. The molecule has 12 heteroatoms. The van der Waals surface area contributed by atoms with E-state index in [0.717, 1.165) is 76.4 Å². The van der Waals surface area contributed by atoms with Crippen LogP contribution >= 0.6 is 21.6 Å². The van der Waals surface area contributed by atoms with Crippen molar-refractivity contribution in [3.8, 4) is 0 Å². The molecule has 0 fully saturated rings. The molecule has 0 unspecified atom stereocenters. The summed E-state index contributed by atoms with van der Waals surface area (Å²) < 4.78 is 0.897. The van der Waals surface area contributed by atoms with Gasteiger partial charge in [-0.2, -0.15) is 0 Å². The summed E-state index contributed by atoms with van der Waals surface area (Å²) in [5.74, 6) is -0.0603. The highest BCUT2D eigenvalue weighted by Crippen LogP contribution is 2.38. The lowest BCUT2D eigenvalue weighted by atomic mass is 9.92. The Labute approximate surface area is 314 Å². The molecule has 274 valence electrons. The number of quaternary nitrogens is 1. The van der Waals surface area contributed by atoms with Crippen LogP contribution < -0.4 is 15.1 Å². The van der Waals surface area contributed by atoms with Gasteiger partial charge in [0, 0.05) is 113 Å². The minimum absolute atomic E-state index is 0.264. The number of amides is 4. The van der Waals surface area contributed by atoms with Crippen LogP contribution in [-0.4, -0.2) is 131 Å². The van der Waals surface area contributed by atoms with E-state index in [9.17, 15) is 19.2 Å². The predicted molar refractivity (Wildman–Crippen MR) is 216 cm³/mol. The van der Waals surface area contributed by atoms with Crippen LogP contribution in [0, 0.1) is 0 Å². The van der Waals surface area contributed by atoms with Gasteiger partial charge in [-0.25, -0.2) is 0 Å². The van der Waals surface area contributed by atoms with E-state index < -0.39 is 0 Å². The zero-order chi connectivity index (χ0) is 37.2. The monoisotopic (exact) mass is 741 g/mol. The normalized spacial score (nSPS) is 14.3. The molecule has 2 aliphatic rings. The zero-order valence-electron chi connectivity index (χ0n) is 31.0. The van der Waals surface area contributed by atoms with E-state index in [1.807, 2.05) is 68.7 Å². The molecule has 0 radical (unpaired) electrons. The van der Waals surface area contributed by atoms with Crippen LogP contribution in [0.15, 0.2) is 60.7 Å².